The molecular formula is C22H25F4NO3. The summed E-state index contributed by atoms with van der Waals surface area (Å²) in [6.07, 6.45) is -1.10. The first-order valence-corrected chi connectivity index (χ1v) is 9.34. The fourth-order valence-corrected chi connectivity index (χ4v) is 2.82. The van der Waals surface area contributed by atoms with E-state index in [9.17, 15) is 22.7 Å². The first-order chi connectivity index (χ1) is 14.2. The van der Waals surface area contributed by atoms with Gasteiger partial charge >= 0.3 is 6.18 Å². The van der Waals surface area contributed by atoms with E-state index in [1.54, 1.807) is 18.2 Å². The van der Waals surface area contributed by atoms with Crippen molar-refractivity contribution in [2.24, 2.45) is 5.73 Å². The molecule has 0 amide bonds. The van der Waals surface area contributed by atoms with Gasteiger partial charge in [0, 0.05) is 7.11 Å². The summed E-state index contributed by atoms with van der Waals surface area (Å²) in [6.45, 7) is -0.404. The van der Waals surface area contributed by atoms with Crippen molar-refractivity contribution in [1.82, 2.24) is 0 Å². The number of aryl methyl sites for hydroxylation is 1. The molecule has 0 aromatic heterocycles. The van der Waals surface area contributed by atoms with Crippen molar-refractivity contribution in [2.75, 3.05) is 26.9 Å². The SMILES string of the molecule is COCC(N)(/C=C/c1ccc(OCCCc2ccccc2F)c(C(F)(F)F)c1)CO. The molecule has 0 aliphatic carbocycles. The van der Waals surface area contributed by atoms with E-state index >= 15 is 0 Å². The van der Waals surface area contributed by atoms with E-state index < -0.39 is 23.9 Å². The van der Waals surface area contributed by atoms with E-state index in [0.29, 0.717) is 18.4 Å². The predicted molar refractivity (Wildman–Crippen MR) is 107 cm³/mol. The van der Waals surface area contributed by atoms with E-state index in [1.165, 1.54) is 37.5 Å². The van der Waals surface area contributed by atoms with Crippen LogP contribution < -0.4 is 10.5 Å². The van der Waals surface area contributed by atoms with Crippen molar-refractivity contribution in [3.05, 3.63) is 71.0 Å². The highest BCUT2D eigenvalue weighted by molar-refractivity contribution is 5.55. The molecule has 30 heavy (non-hydrogen) atoms. The van der Waals surface area contributed by atoms with Gasteiger partial charge in [-0.1, -0.05) is 36.4 Å². The van der Waals surface area contributed by atoms with E-state index in [2.05, 4.69) is 0 Å². The third-order valence-electron chi connectivity index (χ3n) is 4.43. The molecule has 0 spiro atoms. The van der Waals surface area contributed by atoms with Gasteiger partial charge in [-0.15, -0.1) is 0 Å². The second kappa shape index (κ2) is 10.6. The number of nitrogens with two attached hydrogens (primary N) is 1. The topological polar surface area (TPSA) is 64.7 Å². The van der Waals surface area contributed by atoms with Gasteiger partial charge in [-0.25, -0.2) is 4.39 Å². The maximum absolute atomic E-state index is 13.6. The summed E-state index contributed by atoms with van der Waals surface area (Å²) in [6, 6.07) is 9.89. The summed E-state index contributed by atoms with van der Waals surface area (Å²) in [5.41, 5.74) is 4.53. The molecule has 2 rings (SSSR count). The molecular weight excluding hydrogens is 402 g/mol. The van der Waals surface area contributed by atoms with Crippen LogP contribution >= 0.6 is 0 Å². The fourth-order valence-electron chi connectivity index (χ4n) is 2.82. The van der Waals surface area contributed by atoms with E-state index in [1.807, 2.05) is 0 Å². The van der Waals surface area contributed by atoms with Crippen LogP contribution in [0.2, 0.25) is 0 Å². The highest BCUT2D eigenvalue weighted by Gasteiger charge is 2.34. The normalized spacial score (nSPS) is 14.1. The molecule has 0 heterocycles. The van der Waals surface area contributed by atoms with Gasteiger partial charge in [-0.3, -0.25) is 0 Å². The minimum Gasteiger partial charge on any atom is -0.493 e. The number of ether oxygens (including phenoxy) is 2. The summed E-state index contributed by atoms with van der Waals surface area (Å²) >= 11 is 0. The number of halogens is 4. The number of rotatable bonds is 10. The van der Waals surface area contributed by atoms with Gasteiger partial charge in [-0.2, -0.15) is 13.2 Å². The van der Waals surface area contributed by atoms with Crippen LogP contribution in [0.4, 0.5) is 17.6 Å². The lowest BCUT2D eigenvalue weighted by Gasteiger charge is -2.22. The van der Waals surface area contributed by atoms with Gasteiger partial charge in [0.2, 0.25) is 0 Å². The van der Waals surface area contributed by atoms with Gasteiger partial charge in [-0.05, 0) is 42.2 Å². The Bertz CT molecular complexity index is 855. The van der Waals surface area contributed by atoms with Crippen molar-refractivity contribution in [2.45, 2.75) is 24.6 Å². The molecule has 0 fully saturated rings. The zero-order chi connectivity index (χ0) is 22.2. The van der Waals surface area contributed by atoms with Crippen LogP contribution in [-0.2, 0) is 17.3 Å². The number of alkyl halides is 3. The molecule has 164 valence electrons. The molecule has 1 atom stereocenters. The lowest BCUT2D eigenvalue weighted by atomic mass is 10.0. The van der Waals surface area contributed by atoms with Gasteiger partial charge in [0.15, 0.2) is 0 Å². The van der Waals surface area contributed by atoms with Crippen LogP contribution in [0.5, 0.6) is 5.75 Å². The van der Waals surface area contributed by atoms with Crippen LogP contribution in [0.1, 0.15) is 23.1 Å². The Hall–Kier alpha value is -2.42. The first-order valence-electron chi connectivity index (χ1n) is 9.34. The number of hydrogen-bond donors (Lipinski definition) is 2. The monoisotopic (exact) mass is 427 g/mol. The number of aliphatic hydroxyl groups is 1. The van der Waals surface area contributed by atoms with Crippen molar-refractivity contribution in [3.63, 3.8) is 0 Å². The fraction of sp³-hybridized carbons (Fsp3) is 0.364. The van der Waals surface area contributed by atoms with Crippen LogP contribution in [0.3, 0.4) is 0 Å². The van der Waals surface area contributed by atoms with Crippen molar-refractivity contribution in [3.8, 4) is 5.75 Å². The molecule has 0 saturated heterocycles. The Kier molecular flexibility index (Phi) is 8.40. The standard InChI is InChI=1S/C22H25F4NO3/c1-29-15-21(27,14-28)11-10-16-8-9-20(18(13-16)22(24,25)26)30-12-4-6-17-5-2-3-7-19(17)23/h2-3,5,7-11,13,28H,4,6,12,14-15,27H2,1H3/b11-10+. The van der Waals surface area contributed by atoms with E-state index in [0.717, 1.165) is 6.07 Å². The first kappa shape index (κ1) is 23.9. The Morgan fingerprint density at radius 1 is 1.13 bits per heavy atom. The van der Waals surface area contributed by atoms with Crippen LogP contribution in [0, 0.1) is 5.82 Å². The molecule has 0 radical (unpaired) electrons. The number of methoxy groups -OCH3 is 1. The zero-order valence-electron chi connectivity index (χ0n) is 16.6. The summed E-state index contributed by atoms with van der Waals surface area (Å²) in [5, 5.41) is 9.36. The molecule has 2 aromatic carbocycles. The van der Waals surface area contributed by atoms with E-state index in [-0.39, 0.29) is 30.3 Å². The van der Waals surface area contributed by atoms with Gasteiger partial charge < -0.3 is 20.3 Å². The number of aliphatic hydroxyl groups excluding tert-OH is 1. The van der Waals surface area contributed by atoms with Gasteiger partial charge in [0.25, 0.3) is 0 Å². The summed E-state index contributed by atoms with van der Waals surface area (Å²) in [5.74, 6) is -0.650. The second-order valence-corrected chi connectivity index (χ2v) is 6.95. The Morgan fingerprint density at radius 3 is 2.50 bits per heavy atom. The lowest BCUT2D eigenvalue weighted by molar-refractivity contribution is -0.139. The Morgan fingerprint density at radius 2 is 1.87 bits per heavy atom. The second-order valence-electron chi connectivity index (χ2n) is 6.95. The zero-order valence-corrected chi connectivity index (χ0v) is 16.6. The third-order valence-corrected chi connectivity index (χ3v) is 4.43. The summed E-state index contributed by atoms with van der Waals surface area (Å²) < 4.78 is 64.3. The van der Waals surface area contributed by atoms with Crippen molar-refractivity contribution in [1.29, 1.82) is 0 Å². The molecule has 0 saturated carbocycles. The van der Waals surface area contributed by atoms with Crippen molar-refractivity contribution >= 4 is 6.08 Å². The molecule has 3 N–H and O–H groups in total. The highest BCUT2D eigenvalue weighted by atomic mass is 19.4. The quantitative estimate of drug-likeness (QED) is 0.441. The molecule has 1 unspecified atom stereocenters. The molecule has 4 nitrogen and oxygen atoms in total. The minimum atomic E-state index is -4.62. The number of hydrogen-bond acceptors (Lipinski definition) is 4. The highest BCUT2D eigenvalue weighted by Crippen LogP contribution is 2.37. The smallest absolute Gasteiger partial charge is 0.419 e. The Labute approximate surface area is 172 Å². The summed E-state index contributed by atoms with van der Waals surface area (Å²) in [4.78, 5) is 0. The largest absolute Gasteiger partial charge is 0.493 e. The number of benzene rings is 2. The van der Waals surface area contributed by atoms with Gasteiger partial charge in [0.05, 0.1) is 30.9 Å². The van der Waals surface area contributed by atoms with Crippen LogP contribution in [0.25, 0.3) is 6.08 Å². The van der Waals surface area contributed by atoms with Crippen LogP contribution in [-0.4, -0.2) is 37.6 Å². The van der Waals surface area contributed by atoms with E-state index in [4.69, 9.17) is 15.2 Å². The van der Waals surface area contributed by atoms with Crippen LogP contribution in [0.15, 0.2) is 48.5 Å². The lowest BCUT2D eigenvalue weighted by Crippen LogP contribution is -2.45. The Balaban J connectivity index is 2.10. The predicted octanol–water partition coefficient (Wildman–Crippen LogP) is 4.21. The average Bonchev–Trinajstić information content (AvgIpc) is 2.71. The molecule has 2 aromatic rings. The van der Waals surface area contributed by atoms with Gasteiger partial charge in [0.1, 0.15) is 11.6 Å². The average molecular weight is 427 g/mol. The maximum atomic E-state index is 13.6. The summed E-state index contributed by atoms with van der Waals surface area (Å²) in [7, 11) is 1.41. The molecule has 0 bridgehead atoms. The minimum absolute atomic E-state index is 0.00926. The molecule has 0 aliphatic rings. The maximum Gasteiger partial charge on any atom is 0.419 e. The molecule has 8 heteroatoms. The molecule has 0 aliphatic heterocycles. The third kappa shape index (κ3) is 6.83. The van der Waals surface area contributed by atoms with Crippen molar-refractivity contribution < 1.29 is 32.1 Å².